The van der Waals surface area contributed by atoms with Crippen molar-refractivity contribution in [3.05, 3.63) is 25.4 Å². The molecule has 0 aliphatic rings. The lowest BCUT2D eigenvalue weighted by Crippen LogP contribution is -2.19. The first-order chi connectivity index (χ1) is 9.64. The van der Waals surface area contributed by atoms with Gasteiger partial charge in [-0.15, -0.1) is 13.2 Å². The highest BCUT2D eigenvalue weighted by Crippen LogP contribution is 2.32. The maximum absolute atomic E-state index is 12.2. The third kappa shape index (κ3) is 5.32. The summed E-state index contributed by atoms with van der Waals surface area (Å²) in [5.41, 5.74) is -0.901. The minimum absolute atomic E-state index is 0.0227. The molecule has 1 heterocycles. The second-order valence-electron chi connectivity index (χ2n) is 3.55. The van der Waals surface area contributed by atoms with Crippen LogP contribution in [0.5, 0.6) is 5.88 Å². The van der Waals surface area contributed by atoms with Gasteiger partial charge >= 0.3 is 23.9 Å². The van der Waals surface area contributed by atoms with E-state index in [4.69, 9.17) is 0 Å². The zero-order valence-electron chi connectivity index (χ0n) is 10.4. The van der Waals surface area contributed by atoms with E-state index in [2.05, 4.69) is 14.5 Å². The van der Waals surface area contributed by atoms with Crippen molar-refractivity contribution in [3.63, 3.8) is 0 Å². The zero-order valence-corrected chi connectivity index (χ0v) is 12.6. The molecule has 0 bridgehead atoms. The van der Waals surface area contributed by atoms with Crippen LogP contribution >= 0.6 is 22.6 Å². The third-order valence-electron chi connectivity index (χ3n) is 2.04. The lowest BCUT2D eigenvalue weighted by Gasteiger charge is -2.10. The molecule has 0 aliphatic carbocycles. The van der Waals surface area contributed by atoms with Crippen LogP contribution in [0.15, 0.2) is 6.07 Å². The predicted molar refractivity (Wildman–Crippen MR) is 70.6 cm³/mol. The van der Waals surface area contributed by atoms with E-state index < -0.39 is 28.8 Å². The summed E-state index contributed by atoms with van der Waals surface area (Å²) in [5, 5.41) is 10.8. The first-order valence-corrected chi connectivity index (χ1v) is 6.47. The molecule has 1 aromatic heterocycles. The SMILES string of the molecule is CCOC(=O)Cc1cc([N+](=O)[O-])c(OC(F)(F)F)nc1I. The Morgan fingerprint density at radius 3 is 2.62 bits per heavy atom. The van der Waals surface area contributed by atoms with Gasteiger partial charge in [0.25, 0.3) is 0 Å². The Labute approximate surface area is 129 Å². The Morgan fingerprint density at radius 2 is 2.14 bits per heavy atom. The van der Waals surface area contributed by atoms with Crippen LogP contribution in [0.25, 0.3) is 0 Å². The van der Waals surface area contributed by atoms with Crippen molar-refractivity contribution in [3.8, 4) is 5.88 Å². The summed E-state index contributed by atoms with van der Waals surface area (Å²) in [7, 11) is 0. The standard InChI is InChI=1S/C10H8F3IN2O5/c1-2-20-7(17)4-5-3-6(16(18)19)9(15-8(5)14)21-10(11,12)13/h3H,2,4H2,1H3. The number of pyridine rings is 1. The molecule has 0 radical (unpaired) electrons. The molecule has 0 saturated carbocycles. The van der Waals surface area contributed by atoms with Gasteiger partial charge in [-0.1, -0.05) is 0 Å². The normalized spacial score (nSPS) is 11.1. The lowest BCUT2D eigenvalue weighted by atomic mass is 10.2. The highest BCUT2D eigenvalue weighted by Gasteiger charge is 2.36. The predicted octanol–water partition coefficient (Wildman–Crippen LogP) is 2.60. The quantitative estimate of drug-likeness (QED) is 0.239. The van der Waals surface area contributed by atoms with E-state index >= 15 is 0 Å². The van der Waals surface area contributed by atoms with Gasteiger partial charge in [-0.25, -0.2) is 4.98 Å². The summed E-state index contributed by atoms with van der Waals surface area (Å²) in [6, 6.07) is 0.812. The first-order valence-electron chi connectivity index (χ1n) is 5.39. The van der Waals surface area contributed by atoms with E-state index in [-0.39, 0.29) is 22.3 Å². The summed E-state index contributed by atoms with van der Waals surface area (Å²) < 4.78 is 44.6. The fraction of sp³-hybridized carbons (Fsp3) is 0.400. The first kappa shape index (κ1) is 17.4. The van der Waals surface area contributed by atoms with Crippen LogP contribution in [-0.2, 0) is 16.0 Å². The van der Waals surface area contributed by atoms with Crippen LogP contribution in [0.3, 0.4) is 0 Å². The third-order valence-corrected chi connectivity index (χ3v) is 2.98. The number of nitro groups is 1. The van der Waals surface area contributed by atoms with Crippen molar-refractivity contribution in [1.29, 1.82) is 0 Å². The molecule has 0 aromatic carbocycles. The second-order valence-corrected chi connectivity index (χ2v) is 4.57. The van der Waals surface area contributed by atoms with Crippen LogP contribution in [0.4, 0.5) is 18.9 Å². The molecule has 0 unspecified atom stereocenters. The van der Waals surface area contributed by atoms with Crippen molar-refractivity contribution >= 4 is 34.2 Å². The smallest absolute Gasteiger partial charge is 0.466 e. The molecular formula is C10H8F3IN2O5. The highest BCUT2D eigenvalue weighted by molar-refractivity contribution is 14.1. The average molecular weight is 420 g/mol. The zero-order chi connectivity index (χ0) is 16.2. The molecule has 0 saturated heterocycles. The minimum Gasteiger partial charge on any atom is -0.466 e. The van der Waals surface area contributed by atoms with Crippen molar-refractivity contribution in [2.45, 2.75) is 19.7 Å². The summed E-state index contributed by atoms with van der Waals surface area (Å²) in [5.74, 6) is -1.85. The van der Waals surface area contributed by atoms with E-state index in [1.807, 2.05) is 0 Å². The largest absolute Gasteiger partial charge is 0.574 e. The molecule has 7 nitrogen and oxygen atoms in total. The van der Waals surface area contributed by atoms with Gasteiger partial charge in [0, 0.05) is 11.6 Å². The monoisotopic (exact) mass is 420 g/mol. The summed E-state index contributed by atoms with van der Waals surface area (Å²) in [6.45, 7) is 1.68. The van der Waals surface area contributed by atoms with Gasteiger partial charge in [0.05, 0.1) is 18.0 Å². The molecule has 1 rings (SSSR count). The average Bonchev–Trinajstić information content (AvgIpc) is 2.30. The van der Waals surface area contributed by atoms with Crippen LogP contribution in [0.1, 0.15) is 12.5 Å². The van der Waals surface area contributed by atoms with Gasteiger partial charge in [-0.05, 0) is 29.5 Å². The molecule has 0 aliphatic heterocycles. The summed E-state index contributed by atoms with van der Waals surface area (Å²) in [6.07, 6.45) is -5.45. The topological polar surface area (TPSA) is 91.6 Å². The minimum atomic E-state index is -5.11. The van der Waals surface area contributed by atoms with Gasteiger partial charge in [-0.2, -0.15) is 0 Å². The molecule has 0 amide bonds. The second kappa shape index (κ2) is 6.87. The molecule has 21 heavy (non-hydrogen) atoms. The number of halogens is 4. The number of hydrogen-bond acceptors (Lipinski definition) is 6. The Kier molecular flexibility index (Phi) is 5.69. The van der Waals surface area contributed by atoms with Gasteiger partial charge in [0.1, 0.15) is 3.70 Å². The molecule has 0 N–H and O–H groups in total. The highest BCUT2D eigenvalue weighted by atomic mass is 127. The molecule has 11 heteroatoms. The van der Waals surface area contributed by atoms with Gasteiger partial charge < -0.3 is 9.47 Å². The van der Waals surface area contributed by atoms with Crippen LogP contribution in [0, 0.1) is 13.8 Å². The van der Waals surface area contributed by atoms with E-state index in [1.165, 1.54) is 0 Å². The molecule has 0 fully saturated rings. The number of aromatic nitrogens is 1. The van der Waals surface area contributed by atoms with Crippen molar-refractivity contribution in [2.75, 3.05) is 6.61 Å². The van der Waals surface area contributed by atoms with Crippen LogP contribution in [0.2, 0.25) is 0 Å². The molecule has 1 aromatic rings. The van der Waals surface area contributed by atoms with Gasteiger partial charge in [-0.3, -0.25) is 14.9 Å². The van der Waals surface area contributed by atoms with Crippen LogP contribution < -0.4 is 4.74 Å². The Bertz CT molecular complexity index is 564. The molecular weight excluding hydrogens is 412 g/mol. The maximum Gasteiger partial charge on any atom is 0.574 e. The van der Waals surface area contributed by atoms with E-state index in [9.17, 15) is 28.1 Å². The number of hydrogen-bond donors (Lipinski definition) is 0. The number of carbonyl (C=O) groups is 1. The Morgan fingerprint density at radius 1 is 1.52 bits per heavy atom. The van der Waals surface area contributed by atoms with E-state index in [0.717, 1.165) is 6.07 Å². The molecule has 0 spiro atoms. The fourth-order valence-corrected chi connectivity index (χ4v) is 1.88. The van der Waals surface area contributed by atoms with Crippen molar-refractivity contribution < 1.29 is 32.4 Å². The maximum atomic E-state index is 12.2. The van der Waals surface area contributed by atoms with Gasteiger partial charge in [0.15, 0.2) is 0 Å². The van der Waals surface area contributed by atoms with Crippen molar-refractivity contribution in [1.82, 2.24) is 4.98 Å². The number of esters is 1. The molecule has 116 valence electrons. The molecule has 0 atom stereocenters. The van der Waals surface area contributed by atoms with E-state index in [1.54, 1.807) is 29.5 Å². The van der Waals surface area contributed by atoms with Crippen LogP contribution in [-0.4, -0.2) is 28.8 Å². The number of rotatable bonds is 5. The van der Waals surface area contributed by atoms with Crippen molar-refractivity contribution in [2.24, 2.45) is 0 Å². The summed E-state index contributed by atoms with van der Waals surface area (Å²) >= 11 is 1.55. The summed E-state index contributed by atoms with van der Waals surface area (Å²) in [4.78, 5) is 24.4. The Balaban J connectivity index is 3.18. The Hall–Kier alpha value is -1.66. The number of ether oxygens (including phenoxy) is 2. The van der Waals surface area contributed by atoms with Gasteiger partial charge in [0.2, 0.25) is 0 Å². The number of carbonyl (C=O) groups excluding carboxylic acids is 1. The number of alkyl halides is 3. The number of nitrogens with zero attached hydrogens (tertiary/aromatic N) is 2. The fourth-order valence-electron chi connectivity index (χ4n) is 1.31. The van der Waals surface area contributed by atoms with E-state index in [0.29, 0.717) is 0 Å². The lowest BCUT2D eigenvalue weighted by molar-refractivity contribution is -0.389.